The third-order valence-corrected chi connectivity index (χ3v) is 2.21. The van der Waals surface area contributed by atoms with Crippen LogP contribution in [-0.2, 0) is 4.79 Å². The second-order valence-electron chi connectivity index (χ2n) is 3.71. The Balaban J connectivity index is 2.88. The van der Waals surface area contributed by atoms with Crippen LogP contribution in [0.4, 0.5) is 18.9 Å². The molecule has 1 aromatic carbocycles. The summed E-state index contributed by atoms with van der Waals surface area (Å²) in [5.74, 6) is -0.988. The van der Waals surface area contributed by atoms with Gasteiger partial charge in [-0.1, -0.05) is 11.6 Å². The van der Waals surface area contributed by atoms with Crippen LogP contribution in [0, 0.1) is 0 Å². The van der Waals surface area contributed by atoms with Crippen molar-refractivity contribution in [3.05, 3.63) is 23.2 Å². The fourth-order valence-electron chi connectivity index (χ4n) is 1.12. The van der Waals surface area contributed by atoms with Crippen molar-refractivity contribution in [3.63, 3.8) is 0 Å². The number of nitrogens with one attached hydrogen (secondary N) is 1. The molecule has 4 nitrogen and oxygen atoms in total. The largest absolute Gasteiger partial charge is 0.482 e. The van der Waals surface area contributed by atoms with Crippen molar-refractivity contribution >= 4 is 23.2 Å². The lowest BCUT2D eigenvalue weighted by Gasteiger charge is -2.14. The van der Waals surface area contributed by atoms with Gasteiger partial charge in [0, 0.05) is 11.1 Å². The number of hydrogen-bond acceptors (Lipinski definition) is 3. The van der Waals surface area contributed by atoms with Gasteiger partial charge in [0.2, 0.25) is 0 Å². The highest BCUT2D eigenvalue weighted by Crippen LogP contribution is 2.30. The van der Waals surface area contributed by atoms with Crippen LogP contribution in [0.1, 0.15) is 6.92 Å². The molecule has 1 rings (SSSR count). The average molecular weight is 298 g/mol. The van der Waals surface area contributed by atoms with Crippen LogP contribution >= 0.6 is 11.6 Å². The standard InChI is InChI=1S/C11H11ClF3NO3/c1-6(17)10(18)16-8-3-2-7(12)4-9(8)19-5-11(13,14)15/h2-4,6,17H,5H2,1H3,(H,16,18). The zero-order chi connectivity index (χ0) is 14.6. The summed E-state index contributed by atoms with van der Waals surface area (Å²) in [6.07, 6.45) is -5.81. The highest BCUT2D eigenvalue weighted by molar-refractivity contribution is 6.30. The lowest BCUT2D eigenvalue weighted by atomic mass is 10.2. The van der Waals surface area contributed by atoms with Crippen molar-refractivity contribution in [2.24, 2.45) is 0 Å². The Morgan fingerprint density at radius 3 is 2.68 bits per heavy atom. The molecule has 0 spiro atoms. The number of halogens is 4. The third-order valence-electron chi connectivity index (χ3n) is 1.97. The molecule has 106 valence electrons. The first-order valence-corrected chi connectivity index (χ1v) is 5.55. The van der Waals surface area contributed by atoms with Gasteiger partial charge in [0.25, 0.3) is 5.91 Å². The lowest BCUT2D eigenvalue weighted by molar-refractivity contribution is -0.153. The SMILES string of the molecule is CC(O)C(=O)Nc1ccc(Cl)cc1OCC(F)(F)F. The molecule has 0 fully saturated rings. The molecule has 0 radical (unpaired) electrons. The van der Waals surface area contributed by atoms with Crippen LogP contribution < -0.4 is 10.1 Å². The molecule has 0 aliphatic rings. The monoisotopic (exact) mass is 297 g/mol. The summed E-state index contributed by atoms with van der Waals surface area (Å²) in [6, 6.07) is 3.80. The Kier molecular flexibility index (Phi) is 5.02. The molecular weight excluding hydrogens is 287 g/mol. The molecule has 0 bridgehead atoms. The molecule has 0 aliphatic carbocycles. The Labute approximate surface area is 112 Å². The molecule has 2 N–H and O–H groups in total. The van der Waals surface area contributed by atoms with Crippen molar-refractivity contribution in [2.45, 2.75) is 19.2 Å². The van der Waals surface area contributed by atoms with Gasteiger partial charge >= 0.3 is 6.18 Å². The number of anilines is 1. The summed E-state index contributed by atoms with van der Waals surface area (Å²) in [5, 5.41) is 11.4. The van der Waals surface area contributed by atoms with E-state index in [1.807, 2.05) is 0 Å². The zero-order valence-corrected chi connectivity index (χ0v) is 10.5. The van der Waals surface area contributed by atoms with Crippen molar-refractivity contribution in [1.82, 2.24) is 0 Å². The predicted octanol–water partition coefficient (Wildman–Crippen LogP) is 2.60. The van der Waals surface area contributed by atoms with Gasteiger partial charge in [-0.3, -0.25) is 4.79 Å². The molecule has 1 aromatic rings. The first-order valence-electron chi connectivity index (χ1n) is 5.17. The van der Waals surface area contributed by atoms with Crippen molar-refractivity contribution < 1.29 is 27.8 Å². The number of benzene rings is 1. The van der Waals surface area contributed by atoms with Gasteiger partial charge in [0.05, 0.1) is 5.69 Å². The van der Waals surface area contributed by atoms with Crippen LogP contribution in [0.15, 0.2) is 18.2 Å². The summed E-state index contributed by atoms with van der Waals surface area (Å²) >= 11 is 5.64. The summed E-state index contributed by atoms with van der Waals surface area (Å²) < 4.78 is 40.8. The molecule has 19 heavy (non-hydrogen) atoms. The topological polar surface area (TPSA) is 58.6 Å². The summed E-state index contributed by atoms with van der Waals surface area (Å²) in [5.41, 5.74) is -0.000417. The number of aliphatic hydroxyl groups excluding tert-OH is 1. The number of rotatable bonds is 4. The fraction of sp³-hybridized carbons (Fsp3) is 0.364. The maximum Gasteiger partial charge on any atom is 0.422 e. The number of carbonyl (C=O) groups is 1. The first-order chi connectivity index (χ1) is 8.69. The molecule has 1 unspecified atom stereocenters. The molecule has 1 amide bonds. The second kappa shape index (κ2) is 6.12. The number of hydrogen-bond donors (Lipinski definition) is 2. The van der Waals surface area contributed by atoms with E-state index in [0.717, 1.165) is 6.07 Å². The number of ether oxygens (including phenoxy) is 1. The van der Waals surface area contributed by atoms with Crippen molar-refractivity contribution in [1.29, 1.82) is 0 Å². The van der Waals surface area contributed by atoms with Crippen LogP contribution in [0.25, 0.3) is 0 Å². The molecule has 0 aliphatic heterocycles. The van der Waals surface area contributed by atoms with E-state index in [1.165, 1.54) is 19.1 Å². The first kappa shape index (κ1) is 15.6. The van der Waals surface area contributed by atoms with Gasteiger partial charge in [0.15, 0.2) is 6.61 Å². The maximum absolute atomic E-state index is 12.1. The number of carbonyl (C=O) groups excluding carboxylic acids is 1. The van der Waals surface area contributed by atoms with Crippen LogP contribution in [-0.4, -0.2) is 29.9 Å². The van der Waals surface area contributed by atoms with E-state index in [0.29, 0.717) is 0 Å². The zero-order valence-electron chi connectivity index (χ0n) is 9.79. The highest BCUT2D eigenvalue weighted by Gasteiger charge is 2.29. The summed E-state index contributed by atoms with van der Waals surface area (Å²) in [7, 11) is 0. The summed E-state index contributed by atoms with van der Waals surface area (Å²) in [4.78, 5) is 11.3. The molecule has 0 aromatic heterocycles. The number of aliphatic hydroxyl groups is 1. The number of amides is 1. The second-order valence-corrected chi connectivity index (χ2v) is 4.15. The number of alkyl halides is 3. The van der Waals surface area contributed by atoms with Crippen LogP contribution in [0.5, 0.6) is 5.75 Å². The van der Waals surface area contributed by atoms with Crippen molar-refractivity contribution in [2.75, 3.05) is 11.9 Å². The minimum atomic E-state index is -4.51. The van der Waals surface area contributed by atoms with E-state index in [4.69, 9.17) is 16.7 Å². The lowest BCUT2D eigenvalue weighted by Crippen LogP contribution is -2.25. The minimum absolute atomic E-state index is 0.000417. The Hall–Kier alpha value is -1.47. The quantitative estimate of drug-likeness (QED) is 0.898. The third kappa shape index (κ3) is 5.35. The van der Waals surface area contributed by atoms with Gasteiger partial charge in [-0.05, 0) is 19.1 Å². The molecule has 0 saturated heterocycles. The molecular formula is C11H11ClF3NO3. The smallest absolute Gasteiger partial charge is 0.422 e. The molecule has 0 heterocycles. The van der Waals surface area contributed by atoms with E-state index in [9.17, 15) is 18.0 Å². The maximum atomic E-state index is 12.1. The molecule has 1 atom stereocenters. The summed E-state index contributed by atoms with van der Waals surface area (Å²) in [6.45, 7) is -0.285. The predicted molar refractivity (Wildman–Crippen MR) is 63.3 cm³/mol. The van der Waals surface area contributed by atoms with E-state index in [2.05, 4.69) is 10.1 Å². The highest BCUT2D eigenvalue weighted by atomic mass is 35.5. The Bertz CT molecular complexity index is 463. The van der Waals surface area contributed by atoms with Crippen LogP contribution in [0.2, 0.25) is 5.02 Å². The molecule has 8 heteroatoms. The van der Waals surface area contributed by atoms with Gasteiger partial charge < -0.3 is 15.2 Å². The van der Waals surface area contributed by atoms with Crippen LogP contribution in [0.3, 0.4) is 0 Å². The fourth-order valence-corrected chi connectivity index (χ4v) is 1.28. The minimum Gasteiger partial charge on any atom is -0.482 e. The van der Waals surface area contributed by atoms with Gasteiger partial charge in [-0.2, -0.15) is 13.2 Å². The van der Waals surface area contributed by atoms with Gasteiger partial charge in [-0.15, -0.1) is 0 Å². The Morgan fingerprint density at radius 2 is 2.16 bits per heavy atom. The van der Waals surface area contributed by atoms with Crippen molar-refractivity contribution in [3.8, 4) is 5.75 Å². The van der Waals surface area contributed by atoms with E-state index in [1.54, 1.807) is 0 Å². The van der Waals surface area contributed by atoms with E-state index < -0.39 is 24.8 Å². The normalized spacial score (nSPS) is 12.9. The Morgan fingerprint density at radius 1 is 1.53 bits per heavy atom. The van der Waals surface area contributed by atoms with E-state index in [-0.39, 0.29) is 16.5 Å². The van der Waals surface area contributed by atoms with Gasteiger partial charge in [0.1, 0.15) is 11.9 Å². The van der Waals surface area contributed by atoms with E-state index >= 15 is 0 Å². The van der Waals surface area contributed by atoms with Gasteiger partial charge in [-0.25, -0.2) is 0 Å². The molecule has 0 saturated carbocycles. The average Bonchev–Trinajstić information content (AvgIpc) is 2.28.